The molecule has 0 atom stereocenters. The van der Waals surface area contributed by atoms with E-state index in [0.717, 1.165) is 0 Å². The minimum absolute atomic E-state index is 0.109. The molecule has 0 saturated heterocycles. The maximum absolute atomic E-state index is 11.3. The Hall–Kier alpha value is -1.89. The third-order valence-electron chi connectivity index (χ3n) is 1.98. The molecular weight excluding hydrogens is 314 g/mol. The average Bonchev–Trinajstić information content (AvgIpc) is 2.32. The molecule has 1 rings (SSSR count). The number of benzene rings is 1. The molecule has 0 unspecified atom stereocenters. The number of phenols is 1. The Bertz CT molecular complexity index is 515. The van der Waals surface area contributed by atoms with Crippen LogP contribution in [0.25, 0.3) is 0 Å². The van der Waals surface area contributed by atoms with Gasteiger partial charge in [0.25, 0.3) is 0 Å². The van der Waals surface area contributed by atoms with E-state index >= 15 is 0 Å². The molecular formula is C12H14BrN3O3. The molecule has 0 aromatic heterocycles. The predicted octanol–water partition coefficient (Wildman–Crippen LogP) is 1.13. The van der Waals surface area contributed by atoms with Gasteiger partial charge in [-0.15, -0.1) is 0 Å². The molecule has 3 N–H and O–H groups in total. The Labute approximate surface area is 119 Å². The lowest BCUT2D eigenvalue weighted by molar-refractivity contribution is -0.139. The molecule has 19 heavy (non-hydrogen) atoms. The van der Waals surface area contributed by atoms with Crippen molar-refractivity contribution >= 4 is 34.0 Å². The van der Waals surface area contributed by atoms with Gasteiger partial charge in [-0.3, -0.25) is 9.59 Å². The van der Waals surface area contributed by atoms with Gasteiger partial charge in [0.1, 0.15) is 5.75 Å². The van der Waals surface area contributed by atoms with Gasteiger partial charge in [0.2, 0.25) is 0 Å². The second kappa shape index (κ2) is 6.89. The largest absolute Gasteiger partial charge is 0.507 e. The van der Waals surface area contributed by atoms with Crippen molar-refractivity contribution in [2.75, 3.05) is 0 Å². The molecule has 0 bridgehead atoms. The third kappa shape index (κ3) is 5.09. The number of amides is 2. The van der Waals surface area contributed by atoms with Crippen molar-refractivity contribution in [2.24, 2.45) is 5.10 Å². The molecule has 0 spiro atoms. The van der Waals surface area contributed by atoms with Crippen LogP contribution in [0.3, 0.4) is 0 Å². The maximum atomic E-state index is 11.3. The molecule has 0 aliphatic heterocycles. The lowest BCUT2D eigenvalue weighted by Gasteiger charge is -2.06. The lowest BCUT2D eigenvalue weighted by Crippen LogP contribution is -2.41. The van der Waals surface area contributed by atoms with E-state index in [1.165, 1.54) is 12.3 Å². The molecule has 0 heterocycles. The van der Waals surface area contributed by atoms with Crippen LogP contribution in [0.5, 0.6) is 5.75 Å². The first-order valence-electron chi connectivity index (χ1n) is 5.52. The van der Waals surface area contributed by atoms with Crippen LogP contribution in [-0.4, -0.2) is 29.2 Å². The molecule has 102 valence electrons. The topological polar surface area (TPSA) is 90.8 Å². The monoisotopic (exact) mass is 327 g/mol. The smallest absolute Gasteiger partial charge is 0.329 e. The van der Waals surface area contributed by atoms with Crippen LogP contribution in [0, 0.1) is 0 Å². The number of halogens is 1. The van der Waals surface area contributed by atoms with Gasteiger partial charge in [0.15, 0.2) is 0 Å². The van der Waals surface area contributed by atoms with Crippen LogP contribution in [-0.2, 0) is 9.59 Å². The molecule has 6 nitrogen and oxygen atoms in total. The predicted molar refractivity (Wildman–Crippen MR) is 74.8 cm³/mol. The van der Waals surface area contributed by atoms with Crippen LogP contribution >= 0.6 is 15.9 Å². The zero-order chi connectivity index (χ0) is 14.4. The van der Waals surface area contributed by atoms with E-state index in [1.54, 1.807) is 26.0 Å². The van der Waals surface area contributed by atoms with Gasteiger partial charge >= 0.3 is 11.8 Å². The molecule has 7 heteroatoms. The number of hydrogen-bond donors (Lipinski definition) is 3. The van der Waals surface area contributed by atoms with Crippen LogP contribution < -0.4 is 10.7 Å². The fourth-order valence-electron chi connectivity index (χ4n) is 1.15. The van der Waals surface area contributed by atoms with Crippen molar-refractivity contribution < 1.29 is 14.7 Å². The molecule has 1 aromatic rings. The second-order valence-electron chi connectivity index (χ2n) is 4.04. The number of nitrogens with one attached hydrogen (secondary N) is 2. The van der Waals surface area contributed by atoms with Crippen molar-refractivity contribution in [1.29, 1.82) is 0 Å². The van der Waals surface area contributed by atoms with E-state index in [2.05, 4.69) is 31.8 Å². The fraction of sp³-hybridized carbons (Fsp3) is 0.250. The number of phenolic OH excluding ortho intramolecular Hbond substituents is 1. The normalized spacial score (nSPS) is 10.7. The minimum atomic E-state index is -0.831. The Morgan fingerprint density at radius 2 is 2.05 bits per heavy atom. The van der Waals surface area contributed by atoms with Gasteiger partial charge < -0.3 is 10.4 Å². The molecule has 1 aromatic carbocycles. The van der Waals surface area contributed by atoms with Crippen LogP contribution in [0.15, 0.2) is 27.8 Å². The minimum Gasteiger partial charge on any atom is -0.507 e. The summed E-state index contributed by atoms with van der Waals surface area (Å²) < 4.78 is 0.514. The number of rotatable bonds is 3. The summed E-state index contributed by atoms with van der Waals surface area (Å²) in [5, 5.41) is 15.4. The number of carbonyl (C=O) groups is 2. The summed E-state index contributed by atoms with van der Waals surface area (Å²) in [5.41, 5.74) is 2.77. The van der Waals surface area contributed by atoms with E-state index in [9.17, 15) is 14.7 Å². The fourth-order valence-corrected chi connectivity index (χ4v) is 1.54. The highest BCUT2D eigenvalue weighted by Crippen LogP contribution is 2.23. The number of nitrogens with zero attached hydrogens (tertiary/aromatic N) is 1. The summed E-state index contributed by atoms with van der Waals surface area (Å²) in [5.74, 6) is -1.46. The van der Waals surface area contributed by atoms with E-state index < -0.39 is 11.8 Å². The summed E-state index contributed by atoms with van der Waals surface area (Å²) in [6.45, 7) is 3.50. The van der Waals surface area contributed by atoms with Crippen molar-refractivity contribution in [2.45, 2.75) is 19.9 Å². The maximum Gasteiger partial charge on any atom is 0.329 e. The van der Waals surface area contributed by atoms with Gasteiger partial charge in [0.05, 0.1) is 10.7 Å². The van der Waals surface area contributed by atoms with Crippen LogP contribution in [0.2, 0.25) is 0 Å². The lowest BCUT2D eigenvalue weighted by atomic mass is 10.2. The Kier molecular flexibility index (Phi) is 5.50. The van der Waals surface area contributed by atoms with Crippen molar-refractivity contribution in [1.82, 2.24) is 10.7 Å². The highest BCUT2D eigenvalue weighted by molar-refractivity contribution is 9.10. The first-order valence-corrected chi connectivity index (χ1v) is 6.32. The van der Waals surface area contributed by atoms with Gasteiger partial charge in [-0.05, 0) is 53.5 Å². The summed E-state index contributed by atoms with van der Waals surface area (Å²) >= 11 is 3.15. The van der Waals surface area contributed by atoms with Gasteiger partial charge in [0, 0.05) is 6.04 Å². The van der Waals surface area contributed by atoms with Crippen molar-refractivity contribution in [3.63, 3.8) is 0 Å². The van der Waals surface area contributed by atoms with Crippen LogP contribution in [0.4, 0.5) is 0 Å². The van der Waals surface area contributed by atoms with Gasteiger partial charge in [-0.2, -0.15) is 5.10 Å². The van der Waals surface area contributed by atoms with E-state index in [0.29, 0.717) is 10.0 Å². The Balaban J connectivity index is 2.56. The SMILES string of the molecule is CC(C)NC(=O)C(=O)N/N=C/c1ccc(O)c(Br)c1. The standard InChI is InChI=1S/C12H14BrN3O3/c1-7(2)15-11(18)12(19)16-14-6-8-3-4-10(17)9(13)5-8/h3-7,17H,1-2H3,(H,15,18)(H,16,19)/b14-6+. The van der Waals surface area contributed by atoms with E-state index in [-0.39, 0.29) is 11.8 Å². The summed E-state index contributed by atoms with van der Waals surface area (Å²) in [7, 11) is 0. The highest BCUT2D eigenvalue weighted by atomic mass is 79.9. The zero-order valence-corrected chi connectivity index (χ0v) is 12.1. The van der Waals surface area contributed by atoms with Gasteiger partial charge in [-0.1, -0.05) is 0 Å². The molecule has 0 aliphatic carbocycles. The zero-order valence-electron chi connectivity index (χ0n) is 10.5. The summed E-state index contributed by atoms with van der Waals surface area (Å²) in [6.07, 6.45) is 1.37. The summed E-state index contributed by atoms with van der Waals surface area (Å²) in [6, 6.07) is 4.61. The van der Waals surface area contributed by atoms with Crippen molar-refractivity contribution in [3.8, 4) is 5.75 Å². The number of aromatic hydroxyl groups is 1. The number of carbonyl (C=O) groups excluding carboxylic acids is 2. The van der Waals surface area contributed by atoms with E-state index in [1.807, 2.05) is 0 Å². The first-order chi connectivity index (χ1) is 8.90. The molecule has 0 fully saturated rings. The molecule has 0 saturated carbocycles. The van der Waals surface area contributed by atoms with Gasteiger partial charge in [-0.25, -0.2) is 5.43 Å². The molecule has 0 aliphatic rings. The molecule has 0 radical (unpaired) electrons. The Morgan fingerprint density at radius 3 is 2.63 bits per heavy atom. The first kappa shape index (κ1) is 15.2. The third-order valence-corrected chi connectivity index (χ3v) is 2.61. The number of hydrogen-bond acceptors (Lipinski definition) is 4. The number of hydrazone groups is 1. The molecule has 2 amide bonds. The second-order valence-corrected chi connectivity index (χ2v) is 4.89. The van der Waals surface area contributed by atoms with E-state index in [4.69, 9.17) is 0 Å². The van der Waals surface area contributed by atoms with Crippen LogP contribution in [0.1, 0.15) is 19.4 Å². The van der Waals surface area contributed by atoms with Crippen molar-refractivity contribution in [3.05, 3.63) is 28.2 Å². The Morgan fingerprint density at radius 1 is 1.37 bits per heavy atom. The average molecular weight is 328 g/mol. The summed E-state index contributed by atoms with van der Waals surface area (Å²) in [4.78, 5) is 22.6. The highest BCUT2D eigenvalue weighted by Gasteiger charge is 2.12. The quantitative estimate of drug-likeness (QED) is 0.441.